The predicted octanol–water partition coefficient (Wildman–Crippen LogP) is 1.78. The Labute approximate surface area is 117 Å². The summed E-state index contributed by atoms with van der Waals surface area (Å²) in [4.78, 5) is 18.3. The second-order valence-electron chi connectivity index (χ2n) is 4.44. The molecule has 0 radical (unpaired) electrons. The summed E-state index contributed by atoms with van der Waals surface area (Å²) in [7, 11) is 0. The van der Waals surface area contributed by atoms with Crippen LogP contribution in [0.1, 0.15) is 24.2 Å². The first-order valence-electron chi connectivity index (χ1n) is 6.41. The summed E-state index contributed by atoms with van der Waals surface area (Å²) in [6.45, 7) is 6.10. The SMILES string of the molecule is CCOC(=O)c1ccnc(N2CCSC(C)C2)c1N. The minimum absolute atomic E-state index is 0.341. The van der Waals surface area contributed by atoms with Crippen LogP contribution in [0.15, 0.2) is 12.3 Å². The molecule has 5 nitrogen and oxygen atoms in total. The van der Waals surface area contributed by atoms with Gasteiger partial charge in [0.15, 0.2) is 5.82 Å². The van der Waals surface area contributed by atoms with Crippen LogP contribution in [-0.2, 0) is 4.74 Å². The first-order valence-corrected chi connectivity index (χ1v) is 7.46. The van der Waals surface area contributed by atoms with Crippen LogP contribution >= 0.6 is 11.8 Å². The van der Waals surface area contributed by atoms with E-state index in [1.165, 1.54) is 0 Å². The number of ether oxygens (including phenoxy) is 1. The molecule has 6 heteroatoms. The molecule has 0 spiro atoms. The Bertz CT molecular complexity index is 467. The maximum atomic E-state index is 11.8. The first-order chi connectivity index (χ1) is 9.13. The van der Waals surface area contributed by atoms with Crippen molar-refractivity contribution in [2.24, 2.45) is 0 Å². The third kappa shape index (κ3) is 3.12. The van der Waals surface area contributed by atoms with Gasteiger partial charge in [-0.3, -0.25) is 0 Å². The molecule has 1 aromatic rings. The highest BCUT2D eigenvalue weighted by atomic mass is 32.2. The van der Waals surface area contributed by atoms with Gasteiger partial charge in [0.25, 0.3) is 0 Å². The van der Waals surface area contributed by atoms with Gasteiger partial charge < -0.3 is 15.4 Å². The molecule has 1 fully saturated rings. The summed E-state index contributed by atoms with van der Waals surface area (Å²) in [6, 6.07) is 1.61. The zero-order valence-electron chi connectivity index (χ0n) is 11.3. The number of carbonyl (C=O) groups excluding carboxylic acids is 1. The Morgan fingerprint density at radius 1 is 1.68 bits per heavy atom. The van der Waals surface area contributed by atoms with Crippen molar-refractivity contribution in [1.82, 2.24) is 4.98 Å². The summed E-state index contributed by atoms with van der Waals surface area (Å²) in [5.41, 5.74) is 6.90. The maximum Gasteiger partial charge on any atom is 0.340 e. The van der Waals surface area contributed by atoms with E-state index in [2.05, 4.69) is 16.8 Å². The van der Waals surface area contributed by atoms with Crippen LogP contribution in [0.2, 0.25) is 0 Å². The lowest BCUT2D eigenvalue weighted by atomic mass is 10.2. The van der Waals surface area contributed by atoms with E-state index in [-0.39, 0.29) is 5.97 Å². The van der Waals surface area contributed by atoms with Gasteiger partial charge in [0.2, 0.25) is 0 Å². The van der Waals surface area contributed by atoms with Crippen LogP contribution in [0.5, 0.6) is 0 Å². The lowest BCUT2D eigenvalue weighted by Crippen LogP contribution is -2.37. The monoisotopic (exact) mass is 281 g/mol. The van der Waals surface area contributed by atoms with Crippen molar-refractivity contribution in [2.45, 2.75) is 19.1 Å². The second kappa shape index (κ2) is 6.14. The Balaban J connectivity index is 2.26. The van der Waals surface area contributed by atoms with E-state index < -0.39 is 0 Å². The molecule has 0 bridgehead atoms. The topological polar surface area (TPSA) is 68.5 Å². The number of rotatable bonds is 3. The number of anilines is 2. The first kappa shape index (κ1) is 14.0. The lowest BCUT2D eigenvalue weighted by molar-refractivity contribution is 0.0527. The number of nitrogens with two attached hydrogens (primary N) is 1. The molecule has 1 aliphatic heterocycles. The Morgan fingerprint density at radius 3 is 3.16 bits per heavy atom. The fourth-order valence-corrected chi connectivity index (χ4v) is 3.13. The Kier molecular flexibility index (Phi) is 4.52. The van der Waals surface area contributed by atoms with Crippen LogP contribution in [0.3, 0.4) is 0 Å². The molecule has 1 saturated heterocycles. The number of carbonyl (C=O) groups is 1. The van der Waals surface area contributed by atoms with Gasteiger partial charge in [-0.25, -0.2) is 9.78 Å². The van der Waals surface area contributed by atoms with Crippen LogP contribution in [0, 0.1) is 0 Å². The average molecular weight is 281 g/mol. The Hall–Kier alpha value is -1.43. The molecule has 0 saturated carbocycles. The van der Waals surface area contributed by atoms with E-state index in [0.29, 0.717) is 28.9 Å². The fraction of sp³-hybridized carbons (Fsp3) is 0.538. The van der Waals surface area contributed by atoms with Crippen LogP contribution < -0.4 is 10.6 Å². The third-order valence-electron chi connectivity index (χ3n) is 3.01. The molecule has 0 aliphatic carbocycles. The molecular weight excluding hydrogens is 262 g/mol. The normalized spacial score (nSPS) is 19.3. The van der Waals surface area contributed by atoms with Gasteiger partial charge >= 0.3 is 5.97 Å². The van der Waals surface area contributed by atoms with Gasteiger partial charge in [-0.05, 0) is 13.0 Å². The third-order valence-corrected chi connectivity index (χ3v) is 4.14. The van der Waals surface area contributed by atoms with E-state index in [1.807, 2.05) is 11.8 Å². The van der Waals surface area contributed by atoms with Gasteiger partial charge in [0.1, 0.15) is 0 Å². The van der Waals surface area contributed by atoms with Crippen molar-refractivity contribution in [1.29, 1.82) is 0 Å². The second-order valence-corrected chi connectivity index (χ2v) is 5.99. The molecule has 104 valence electrons. The van der Waals surface area contributed by atoms with Crippen LogP contribution in [0.4, 0.5) is 11.5 Å². The largest absolute Gasteiger partial charge is 0.462 e. The van der Waals surface area contributed by atoms with Crippen LogP contribution in [0.25, 0.3) is 0 Å². The van der Waals surface area contributed by atoms with Crippen molar-refractivity contribution < 1.29 is 9.53 Å². The molecule has 1 aliphatic rings. The highest BCUT2D eigenvalue weighted by molar-refractivity contribution is 8.00. The van der Waals surface area contributed by atoms with Gasteiger partial charge in [0.05, 0.1) is 17.9 Å². The molecule has 0 amide bonds. The molecule has 1 atom stereocenters. The molecule has 2 heterocycles. The van der Waals surface area contributed by atoms with E-state index in [9.17, 15) is 4.79 Å². The molecule has 2 rings (SSSR count). The number of hydrogen-bond acceptors (Lipinski definition) is 6. The Morgan fingerprint density at radius 2 is 2.47 bits per heavy atom. The molecule has 0 aromatic carbocycles. The zero-order chi connectivity index (χ0) is 13.8. The number of aromatic nitrogens is 1. The van der Waals surface area contributed by atoms with Crippen molar-refractivity contribution in [2.75, 3.05) is 36.1 Å². The van der Waals surface area contributed by atoms with Gasteiger partial charge in [-0.2, -0.15) is 11.8 Å². The van der Waals surface area contributed by atoms with E-state index in [4.69, 9.17) is 10.5 Å². The van der Waals surface area contributed by atoms with E-state index in [1.54, 1.807) is 19.2 Å². The predicted molar refractivity (Wildman–Crippen MR) is 78.7 cm³/mol. The highest BCUT2D eigenvalue weighted by Crippen LogP contribution is 2.28. The highest BCUT2D eigenvalue weighted by Gasteiger charge is 2.22. The van der Waals surface area contributed by atoms with E-state index in [0.717, 1.165) is 18.8 Å². The summed E-state index contributed by atoms with van der Waals surface area (Å²) < 4.78 is 5.00. The molecule has 1 unspecified atom stereocenters. The molecular formula is C13H19N3O2S. The standard InChI is InChI=1S/C13H19N3O2S/c1-3-18-13(17)10-4-5-15-12(11(10)14)16-6-7-19-9(2)8-16/h4-5,9H,3,6-8,14H2,1-2H3. The fourth-order valence-electron chi connectivity index (χ4n) is 2.11. The summed E-state index contributed by atoms with van der Waals surface area (Å²) in [5.74, 6) is 1.35. The smallest absolute Gasteiger partial charge is 0.340 e. The number of hydrogen-bond donors (Lipinski definition) is 1. The van der Waals surface area contributed by atoms with Gasteiger partial charge in [-0.1, -0.05) is 6.92 Å². The van der Waals surface area contributed by atoms with E-state index >= 15 is 0 Å². The summed E-state index contributed by atoms with van der Waals surface area (Å²) in [6.07, 6.45) is 1.62. The molecule has 1 aromatic heterocycles. The lowest BCUT2D eigenvalue weighted by Gasteiger charge is -2.32. The van der Waals surface area contributed by atoms with Crippen LogP contribution in [-0.4, -0.2) is 41.7 Å². The summed E-state index contributed by atoms with van der Waals surface area (Å²) in [5, 5.41) is 0.543. The maximum absolute atomic E-state index is 11.8. The number of pyridine rings is 1. The summed E-state index contributed by atoms with van der Waals surface area (Å²) >= 11 is 1.94. The number of thioether (sulfide) groups is 1. The average Bonchev–Trinajstić information content (AvgIpc) is 2.39. The minimum Gasteiger partial charge on any atom is -0.462 e. The van der Waals surface area contributed by atoms with Crippen molar-refractivity contribution >= 4 is 29.2 Å². The molecule has 19 heavy (non-hydrogen) atoms. The number of esters is 1. The number of nitrogens with zero attached hydrogens (tertiary/aromatic N) is 2. The van der Waals surface area contributed by atoms with Crippen molar-refractivity contribution in [3.05, 3.63) is 17.8 Å². The van der Waals surface area contributed by atoms with Gasteiger partial charge in [0, 0.05) is 30.3 Å². The molecule has 2 N–H and O–H groups in total. The van der Waals surface area contributed by atoms with Gasteiger partial charge in [-0.15, -0.1) is 0 Å². The van der Waals surface area contributed by atoms with Crippen molar-refractivity contribution in [3.8, 4) is 0 Å². The number of nitrogen functional groups attached to an aromatic ring is 1. The quantitative estimate of drug-likeness (QED) is 0.852. The van der Waals surface area contributed by atoms with Crippen molar-refractivity contribution in [3.63, 3.8) is 0 Å². The zero-order valence-corrected chi connectivity index (χ0v) is 12.1. The minimum atomic E-state index is -0.386.